The summed E-state index contributed by atoms with van der Waals surface area (Å²) < 4.78 is 0. The first-order valence-electron chi connectivity index (χ1n) is 6.47. The molecule has 2 fully saturated rings. The number of hydrogen-bond donors (Lipinski definition) is 3. The molecule has 2 heterocycles. The van der Waals surface area contributed by atoms with Gasteiger partial charge in [0.15, 0.2) is 0 Å². The molecule has 0 bridgehead atoms. The summed E-state index contributed by atoms with van der Waals surface area (Å²) >= 11 is 0. The minimum atomic E-state index is -1.04. The number of carbonyl (C=O) groups is 2. The average molecular weight is 256 g/mol. The Kier molecular flexibility index (Phi) is 3.59. The van der Waals surface area contributed by atoms with Crippen molar-refractivity contribution < 1.29 is 19.8 Å². The van der Waals surface area contributed by atoms with E-state index in [9.17, 15) is 14.7 Å². The number of carboxylic acids is 1. The topological polar surface area (TPSA) is 89.9 Å². The lowest BCUT2D eigenvalue weighted by atomic mass is 9.92. The van der Waals surface area contributed by atoms with Crippen molar-refractivity contribution in [3.63, 3.8) is 0 Å². The van der Waals surface area contributed by atoms with E-state index in [1.54, 1.807) is 0 Å². The Labute approximate surface area is 106 Å². The second-order valence-electron chi connectivity index (χ2n) is 5.17. The molecule has 6 heteroatoms. The van der Waals surface area contributed by atoms with Crippen molar-refractivity contribution >= 4 is 11.9 Å². The van der Waals surface area contributed by atoms with Crippen LogP contribution in [0.25, 0.3) is 0 Å². The minimum absolute atomic E-state index is 0.124. The molecular weight excluding hydrogens is 236 g/mol. The number of aliphatic hydroxyl groups excluding tert-OH is 1. The van der Waals surface area contributed by atoms with Gasteiger partial charge in [-0.15, -0.1) is 0 Å². The number of rotatable bonds is 3. The zero-order valence-electron chi connectivity index (χ0n) is 10.6. The van der Waals surface area contributed by atoms with Crippen LogP contribution in [0.2, 0.25) is 0 Å². The van der Waals surface area contributed by atoms with Gasteiger partial charge in [0.05, 0.1) is 11.6 Å². The van der Waals surface area contributed by atoms with Crippen molar-refractivity contribution in [2.24, 2.45) is 0 Å². The lowest BCUT2D eigenvalue weighted by Crippen LogP contribution is -2.57. The van der Waals surface area contributed by atoms with E-state index in [2.05, 4.69) is 5.32 Å². The monoisotopic (exact) mass is 256 g/mol. The van der Waals surface area contributed by atoms with Crippen LogP contribution in [0.1, 0.15) is 32.6 Å². The van der Waals surface area contributed by atoms with Gasteiger partial charge < -0.3 is 20.4 Å². The van der Waals surface area contributed by atoms with E-state index >= 15 is 0 Å². The maximum absolute atomic E-state index is 12.5. The van der Waals surface area contributed by atoms with Crippen LogP contribution in [0.3, 0.4) is 0 Å². The Bertz CT molecular complexity index is 352. The van der Waals surface area contributed by atoms with Crippen molar-refractivity contribution in [2.45, 2.75) is 50.3 Å². The largest absolute Gasteiger partial charge is 0.480 e. The number of aliphatic carboxylic acids is 1. The molecule has 0 aromatic heterocycles. The van der Waals surface area contributed by atoms with Crippen LogP contribution in [0, 0.1) is 0 Å². The van der Waals surface area contributed by atoms with Crippen molar-refractivity contribution in [1.29, 1.82) is 0 Å². The molecule has 1 unspecified atom stereocenters. The molecule has 1 amide bonds. The summed E-state index contributed by atoms with van der Waals surface area (Å²) in [7, 11) is 0. The van der Waals surface area contributed by atoms with E-state index < -0.39 is 23.7 Å². The molecule has 2 rings (SSSR count). The summed E-state index contributed by atoms with van der Waals surface area (Å²) in [6.07, 6.45) is 1.70. The summed E-state index contributed by atoms with van der Waals surface area (Å²) in [5.74, 6) is -1.21. The van der Waals surface area contributed by atoms with Gasteiger partial charge in [-0.1, -0.05) is 6.92 Å². The zero-order chi connectivity index (χ0) is 13.3. The summed E-state index contributed by atoms with van der Waals surface area (Å²) in [6.45, 7) is 2.84. The first-order chi connectivity index (χ1) is 8.50. The number of nitrogens with zero attached hydrogens (tertiary/aromatic N) is 1. The summed E-state index contributed by atoms with van der Waals surface area (Å²) in [6, 6.07) is -0.890. The predicted molar refractivity (Wildman–Crippen MR) is 64.0 cm³/mol. The van der Waals surface area contributed by atoms with Crippen LogP contribution in [0.5, 0.6) is 0 Å². The fourth-order valence-electron chi connectivity index (χ4n) is 2.99. The number of aliphatic hydroxyl groups is 1. The summed E-state index contributed by atoms with van der Waals surface area (Å²) in [4.78, 5) is 25.0. The van der Waals surface area contributed by atoms with E-state index in [1.165, 1.54) is 4.90 Å². The molecule has 102 valence electrons. The van der Waals surface area contributed by atoms with Gasteiger partial charge in [0, 0.05) is 13.0 Å². The third-order valence-electron chi connectivity index (χ3n) is 4.08. The Morgan fingerprint density at radius 2 is 2.22 bits per heavy atom. The number of carboxylic acid groups (broad SMARTS) is 1. The van der Waals surface area contributed by atoms with Gasteiger partial charge in [-0.3, -0.25) is 4.79 Å². The highest BCUT2D eigenvalue weighted by Gasteiger charge is 2.48. The van der Waals surface area contributed by atoms with Crippen LogP contribution in [-0.2, 0) is 9.59 Å². The maximum atomic E-state index is 12.5. The molecule has 0 aromatic rings. The molecule has 0 aromatic carbocycles. The molecule has 3 N–H and O–H groups in total. The van der Waals surface area contributed by atoms with E-state index in [0.717, 1.165) is 19.4 Å². The number of nitrogens with one attached hydrogen (secondary N) is 1. The number of β-amino-alcohol motifs (C(OH)–C–C–N with tert-alkyl or cyclic N) is 1. The number of hydrogen-bond acceptors (Lipinski definition) is 4. The van der Waals surface area contributed by atoms with E-state index in [4.69, 9.17) is 5.11 Å². The Balaban J connectivity index is 2.19. The summed E-state index contributed by atoms with van der Waals surface area (Å²) in [5, 5.41) is 21.9. The van der Waals surface area contributed by atoms with Crippen LogP contribution >= 0.6 is 0 Å². The molecule has 2 aliphatic rings. The van der Waals surface area contributed by atoms with Crippen LogP contribution < -0.4 is 5.32 Å². The van der Waals surface area contributed by atoms with Crippen LogP contribution in [0.4, 0.5) is 0 Å². The smallest absolute Gasteiger partial charge is 0.326 e. The average Bonchev–Trinajstić information content (AvgIpc) is 2.95. The Hall–Kier alpha value is -1.14. The fraction of sp³-hybridized carbons (Fsp3) is 0.833. The lowest BCUT2D eigenvalue weighted by Gasteiger charge is -2.33. The molecule has 0 spiro atoms. The molecule has 3 atom stereocenters. The number of amides is 1. The van der Waals surface area contributed by atoms with E-state index in [0.29, 0.717) is 6.42 Å². The predicted octanol–water partition coefficient (Wildman–Crippen LogP) is -0.435. The van der Waals surface area contributed by atoms with Gasteiger partial charge in [-0.2, -0.15) is 0 Å². The molecule has 6 nitrogen and oxygen atoms in total. The van der Waals surface area contributed by atoms with Crippen molar-refractivity contribution in [3.8, 4) is 0 Å². The first-order valence-corrected chi connectivity index (χ1v) is 6.47. The Morgan fingerprint density at radius 3 is 2.72 bits per heavy atom. The van der Waals surface area contributed by atoms with E-state index in [-0.39, 0.29) is 18.9 Å². The van der Waals surface area contributed by atoms with Gasteiger partial charge in [0.25, 0.3) is 0 Å². The molecule has 2 aliphatic heterocycles. The minimum Gasteiger partial charge on any atom is -0.480 e. The van der Waals surface area contributed by atoms with Crippen LogP contribution in [-0.4, -0.2) is 57.8 Å². The fourth-order valence-corrected chi connectivity index (χ4v) is 2.99. The highest BCUT2D eigenvalue weighted by Crippen LogP contribution is 2.29. The van der Waals surface area contributed by atoms with Gasteiger partial charge >= 0.3 is 5.97 Å². The molecule has 0 aliphatic carbocycles. The van der Waals surface area contributed by atoms with Crippen molar-refractivity contribution in [1.82, 2.24) is 10.2 Å². The lowest BCUT2D eigenvalue weighted by molar-refractivity contribution is -0.151. The van der Waals surface area contributed by atoms with Crippen LogP contribution in [0.15, 0.2) is 0 Å². The normalized spacial score (nSPS) is 36.0. The standard InChI is InChI=1S/C12H20N2O4/c1-2-12(4-3-5-13-12)11(18)14-7-8(15)6-9(14)10(16)17/h8-9,13,15H,2-7H2,1H3,(H,16,17)/t8-,9+,12?/m1/s1. The highest BCUT2D eigenvalue weighted by molar-refractivity contribution is 5.91. The van der Waals surface area contributed by atoms with Gasteiger partial charge in [-0.25, -0.2) is 4.79 Å². The molecule has 2 saturated heterocycles. The maximum Gasteiger partial charge on any atom is 0.326 e. The molecule has 0 saturated carbocycles. The number of carbonyl (C=O) groups excluding carboxylic acids is 1. The quantitative estimate of drug-likeness (QED) is 0.637. The Morgan fingerprint density at radius 1 is 1.50 bits per heavy atom. The second-order valence-corrected chi connectivity index (χ2v) is 5.17. The van der Waals surface area contributed by atoms with Gasteiger partial charge in [0.1, 0.15) is 6.04 Å². The van der Waals surface area contributed by atoms with Crippen molar-refractivity contribution in [3.05, 3.63) is 0 Å². The number of likely N-dealkylation sites (tertiary alicyclic amines) is 1. The van der Waals surface area contributed by atoms with Gasteiger partial charge in [0.2, 0.25) is 5.91 Å². The third-order valence-corrected chi connectivity index (χ3v) is 4.08. The third kappa shape index (κ3) is 2.10. The van der Waals surface area contributed by atoms with Crippen molar-refractivity contribution in [2.75, 3.05) is 13.1 Å². The second kappa shape index (κ2) is 4.85. The molecule has 0 radical (unpaired) electrons. The molecule has 18 heavy (non-hydrogen) atoms. The summed E-state index contributed by atoms with van der Waals surface area (Å²) in [5.41, 5.74) is -0.627. The van der Waals surface area contributed by atoms with Gasteiger partial charge in [-0.05, 0) is 25.8 Å². The first kappa shape index (κ1) is 13.3. The molecular formula is C12H20N2O4. The van der Waals surface area contributed by atoms with E-state index in [1.807, 2.05) is 6.92 Å². The zero-order valence-corrected chi connectivity index (χ0v) is 10.6. The SMILES string of the molecule is CCC1(C(=O)N2C[C@H](O)C[C@H]2C(=O)O)CCCN1. The highest BCUT2D eigenvalue weighted by atomic mass is 16.4.